The molecule has 1 saturated heterocycles. The number of nitriles is 1. The van der Waals surface area contributed by atoms with Crippen LogP contribution >= 0.6 is 0 Å². The maximum Gasteiger partial charge on any atom is 0.251 e. The Hall–Kier alpha value is -3.28. The molecule has 0 spiro atoms. The summed E-state index contributed by atoms with van der Waals surface area (Å²) < 4.78 is 20.6. The van der Waals surface area contributed by atoms with Crippen molar-refractivity contribution in [3.8, 4) is 17.2 Å². The van der Waals surface area contributed by atoms with E-state index in [1.165, 1.54) is 13.0 Å². The molecule has 2 atom stereocenters. The standard InChI is InChI=1S/C26H29FN4O3/c1-16(32)30-24-9-8-20(21-4-2-5-22(21)24)17-6-7-18(23(27)13-17)12-19(14-28)31-26(33)25-15-29-10-3-11-34-25/h6-9,13,19,25,29H,2-5,10-12,15H2,1H3,(H,30,32)(H,31,33)/t19-,25-/m0/s1. The molecule has 2 aromatic carbocycles. The van der Waals surface area contributed by atoms with Crippen LogP contribution in [0.2, 0.25) is 0 Å². The monoisotopic (exact) mass is 464 g/mol. The second-order valence-corrected chi connectivity index (χ2v) is 8.77. The van der Waals surface area contributed by atoms with E-state index in [1.54, 1.807) is 6.07 Å². The van der Waals surface area contributed by atoms with Crippen molar-refractivity contribution in [3.63, 3.8) is 0 Å². The molecule has 2 aromatic rings. The number of carbonyl (C=O) groups is 2. The van der Waals surface area contributed by atoms with Gasteiger partial charge in [-0.2, -0.15) is 5.26 Å². The molecule has 0 aromatic heterocycles. The Kier molecular flexibility index (Phi) is 7.56. The van der Waals surface area contributed by atoms with Crippen LogP contribution < -0.4 is 16.0 Å². The zero-order valence-electron chi connectivity index (χ0n) is 19.2. The minimum absolute atomic E-state index is 0.0636. The number of hydrogen-bond acceptors (Lipinski definition) is 5. The molecule has 34 heavy (non-hydrogen) atoms. The Morgan fingerprint density at radius 1 is 1.24 bits per heavy atom. The van der Waals surface area contributed by atoms with Crippen LogP contribution in [-0.2, 0) is 33.6 Å². The van der Waals surface area contributed by atoms with Crippen LogP contribution in [0, 0.1) is 17.1 Å². The van der Waals surface area contributed by atoms with Crippen molar-refractivity contribution in [2.45, 2.75) is 51.2 Å². The predicted octanol–water partition coefficient (Wildman–Crippen LogP) is 2.87. The summed E-state index contributed by atoms with van der Waals surface area (Å²) in [4.78, 5) is 24.0. The zero-order chi connectivity index (χ0) is 24.1. The first-order valence-corrected chi connectivity index (χ1v) is 11.7. The van der Waals surface area contributed by atoms with Gasteiger partial charge in [0.2, 0.25) is 5.91 Å². The van der Waals surface area contributed by atoms with Crippen molar-refractivity contribution in [1.82, 2.24) is 10.6 Å². The third-order valence-corrected chi connectivity index (χ3v) is 6.29. The lowest BCUT2D eigenvalue weighted by atomic mass is 9.94. The van der Waals surface area contributed by atoms with Gasteiger partial charge in [0.15, 0.2) is 0 Å². The maximum absolute atomic E-state index is 15.1. The number of halogens is 1. The SMILES string of the molecule is CC(=O)Nc1ccc(-c2ccc(C[C@@H](C#N)NC(=O)[C@@H]3CNCCCO3)c(F)c2)c2c1CCC2. The quantitative estimate of drug-likeness (QED) is 0.610. The van der Waals surface area contributed by atoms with Crippen LogP contribution in [-0.4, -0.2) is 43.7 Å². The van der Waals surface area contributed by atoms with Gasteiger partial charge in [-0.25, -0.2) is 4.39 Å². The van der Waals surface area contributed by atoms with E-state index >= 15 is 4.39 Å². The molecule has 0 radical (unpaired) electrons. The van der Waals surface area contributed by atoms with Gasteiger partial charge in [-0.15, -0.1) is 0 Å². The third-order valence-electron chi connectivity index (χ3n) is 6.29. The highest BCUT2D eigenvalue weighted by Crippen LogP contribution is 2.37. The molecule has 3 N–H and O–H groups in total. The fourth-order valence-electron chi connectivity index (χ4n) is 4.66. The van der Waals surface area contributed by atoms with Gasteiger partial charge in [-0.3, -0.25) is 9.59 Å². The van der Waals surface area contributed by atoms with Crippen molar-refractivity contribution < 1.29 is 18.7 Å². The van der Waals surface area contributed by atoms with Crippen LogP contribution in [0.1, 0.15) is 36.5 Å². The molecule has 1 aliphatic carbocycles. The minimum Gasteiger partial charge on any atom is -0.367 e. The van der Waals surface area contributed by atoms with E-state index in [9.17, 15) is 14.9 Å². The van der Waals surface area contributed by atoms with Gasteiger partial charge in [0.05, 0.1) is 6.07 Å². The molecular formula is C26H29FN4O3. The molecule has 1 aliphatic heterocycles. The van der Waals surface area contributed by atoms with E-state index in [0.717, 1.165) is 60.2 Å². The number of hydrogen-bond donors (Lipinski definition) is 3. The Balaban J connectivity index is 1.49. The van der Waals surface area contributed by atoms with Gasteiger partial charge in [0.1, 0.15) is 18.0 Å². The highest BCUT2D eigenvalue weighted by Gasteiger charge is 2.25. The van der Waals surface area contributed by atoms with Gasteiger partial charge >= 0.3 is 0 Å². The number of ether oxygens (including phenoxy) is 1. The number of fused-ring (bicyclic) bond motifs is 1. The first-order chi connectivity index (χ1) is 16.5. The molecule has 8 heteroatoms. The molecule has 2 aliphatic rings. The smallest absolute Gasteiger partial charge is 0.251 e. The average molecular weight is 465 g/mol. The number of carbonyl (C=O) groups excluding carboxylic acids is 2. The Morgan fingerprint density at radius 2 is 2.06 bits per heavy atom. The summed E-state index contributed by atoms with van der Waals surface area (Å²) in [6.45, 7) is 3.13. The molecule has 1 heterocycles. The lowest BCUT2D eigenvalue weighted by Crippen LogP contribution is -2.46. The number of rotatable bonds is 6. The van der Waals surface area contributed by atoms with Gasteiger partial charge in [-0.05, 0) is 72.2 Å². The van der Waals surface area contributed by atoms with E-state index in [-0.39, 0.29) is 18.2 Å². The van der Waals surface area contributed by atoms with E-state index in [2.05, 4.69) is 22.0 Å². The van der Waals surface area contributed by atoms with Crippen molar-refractivity contribution >= 4 is 17.5 Å². The fourth-order valence-corrected chi connectivity index (χ4v) is 4.66. The van der Waals surface area contributed by atoms with Crippen LogP contribution in [0.25, 0.3) is 11.1 Å². The molecule has 2 amide bonds. The molecule has 4 rings (SSSR count). The van der Waals surface area contributed by atoms with E-state index in [1.807, 2.05) is 18.2 Å². The summed E-state index contributed by atoms with van der Waals surface area (Å²) >= 11 is 0. The molecule has 0 saturated carbocycles. The Bertz CT molecular complexity index is 1120. The normalized spacial score (nSPS) is 18.3. The summed E-state index contributed by atoms with van der Waals surface area (Å²) in [5.41, 5.74) is 5.14. The number of anilines is 1. The summed E-state index contributed by atoms with van der Waals surface area (Å²) in [5, 5.41) is 18.2. The van der Waals surface area contributed by atoms with Gasteiger partial charge < -0.3 is 20.7 Å². The van der Waals surface area contributed by atoms with Crippen molar-refractivity contribution in [2.75, 3.05) is 25.0 Å². The summed E-state index contributed by atoms with van der Waals surface area (Å²) in [5.74, 6) is -0.900. The van der Waals surface area contributed by atoms with E-state index in [4.69, 9.17) is 4.74 Å². The number of nitrogens with zero attached hydrogens (tertiary/aromatic N) is 1. The maximum atomic E-state index is 15.1. The highest BCUT2D eigenvalue weighted by atomic mass is 19.1. The van der Waals surface area contributed by atoms with Crippen LogP contribution in [0.5, 0.6) is 0 Å². The minimum atomic E-state index is -0.860. The van der Waals surface area contributed by atoms with Crippen molar-refractivity contribution in [1.29, 1.82) is 5.26 Å². The van der Waals surface area contributed by atoms with Gasteiger partial charge in [0, 0.05) is 32.2 Å². The molecule has 178 valence electrons. The fraction of sp³-hybridized carbons (Fsp3) is 0.423. The second kappa shape index (κ2) is 10.8. The second-order valence-electron chi connectivity index (χ2n) is 8.77. The van der Waals surface area contributed by atoms with E-state index < -0.39 is 18.0 Å². The largest absolute Gasteiger partial charge is 0.367 e. The molecule has 7 nitrogen and oxygen atoms in total. The third kappa shape index (κ3) is 5.44. The van der Waals surface area contributed by atoms with Crippen molar-refractivity contribution in [3.05, 3.63) is 52.8 Å². The topological polar surface area (TPSA) is 103 Å². The number of benzene rings is 2. The number of nitrogens with one attached hydrogen (secondary N) is 3. The molecule has 0 bridgehead atoms. The first kappa shape index (κ1) is 23.9. The summed E-state index contributed by atoms with van der Waals surface area (Å²) in [7, 11) is 0. The Morgan fingerprint density at radius 3 is 2.82 bits per heavy atom. The summed E-state index contributed by atoms with van der Waals surface area (Å²) in [6, 6.07) is 9.99. The first-order valence-electron chi connectivity index (χ1n) is 11.7. The van der Waals surface area contributed by atoms with Crippen LogP contribution in [0.4, 0.5) is 10.1 Å². The molecular weight excluding hydrogens is 435 g/mol. The average Bonchev–Trinajstić information content (AvgIpc) is 3.15. The van der Waals surface area contributed by atoms with E-state index in [0.29, 0.717) is 18.7 Å². The lowest BCUT2D eigenvalue weighted by Gasteiger charge is -2.18. The summed E-state index contributed by atoms with van der Waals surface area (Å²) in [6.07, 6.45) is 2.97. The molecule has 0 unspecified atom stereocenters. The van der Waals surface area contributed by atoms with Crippen molar-refractivity contribution in [2.24, 2.45) is 0 Å². The zero-order valence-corrected chi connectivity index (χ0v) is 19.2. The van der Waals surface area contributed by atoms with Crippen LogP contribution in [0.3, 0.4) is 0 Å². The number of amides is 2. The van der Waals surface area contributed by atoms with Gasteiger partial charge in [-0.1, -0.05) is 18.2 Å². The molecule has 1 fully saturated rings. The lowest BCUT2D eigenvalue weighted by molar-refractivity contribution is -0.132. The predicted molar refractivity (Wildman–Crippen MR) is 127 cm³/mol. The van der Waals surface area contributed by atoms with Crippen LogP contribution in [0.15, 0.2) is 30.3 Å². The highest BCUT2D eigenvalue weighted by molar-refractivity contribution is 5.91. The Labute approximate surface area is 198 Å². The van der Waals surface area contributed by atoms with Gasteiger partial charge in [0.25, 0.3) is 5.91 Å².